The maximum absolute atomic E-state index is 13.2. The minimum atomic E-state index is -4.41. The molecule has 0 spiro atoms. The van der Waals surface area contributed by atoms with Crippen LogP contribution in [0.5, 0.6) is 5.75 Å². The summed E-state index contributed by atoms with van der Waals surface area (Å²) >= 11 is 0. The summed E-state index contributed by atoms with van der Waals surface area (Å²) in [6.45, 7) is 6.25. The first-order valence-corrected chi connectivity index (χ1v) is 11.3. The fraction of sp³-hybridized carbons (Fsp3) is 0.346. The largest absolute Gasteiger partial charge is 0.496 e. The van der Waals surface area contributed by atoms with E-state index in [1.807, 2.05) is 18.2 Å². The van der Waals surface area contributed by atoms with Crippen LogP contribution in [0.25, 0.3) is 16.5 Å². The molecular weight excluding hydrogens is 457 g/mol. The van der Waals surface area contributed by atoms with Gasteiger partial charge in [-0.15, -0.1) is 0 Å². The molecule has 2 heterocycles. The molecule has 0 radical (unpaired) electrons. The normalized spacial score (nSPS) is 15.1. The summed E-state index contributed by atoms with van der Waals surface area (Å²) in [5, 5.41) is 4.01. The van der Waals surface area contributed by atoms with Gasteiger partial charge in [0, 0.05) is 43.1 Å². The number of nitrogens with one attached hydrogen (secondary N) is 1. The molecule has 4 rings (SSSR count). The molecule has 6 nitrogen and oxygen atoms in total. The van der Waals surface area contributed by atoms with Gasteiger partial charge in [-0.2, -0.15) is 13.2 Å². The number of carbonyl (C=O) groups is 1. The molecule has 0 saturated carbocycles. The van der Waals surface area contributed by atoms with Crippen LogP contribution in [-0.2, 0) is 11.0 Å². The number of ether oxygens (including phenoxy) is 1. The van der Waals surface area contributed by atoms with E-state index in [1.54, 1.807) is 38.8 Å². The molecule has 0 unspecified atom stereocenters. The monoisotopic (exact) mass is 484 g/mol. The standard InChI is InChI=1S/C26H27F3N4O2/c1-15(19-6-5-7-20(12-19)26(27,28)29)30-25-22-13-21(18-8-10-33(11-9-18)17(3)34)24(35-4)14-23(22)31-16(2)32-25/h5-8,12-15H,9-11H2,1-4H3,(H,30,31,32)/t15-/m0/s1. The molecule has 1 amide bonds. The SMILES string of the molecule is COc1cc2nc(C)nc(N[C@@H](C)c3cccc(C(F)(F)F)c3)c2cc1C1=CCN(C(C)=O)CC1. The van der Waals surface area contributed by atoms with Crippen molar-refractivity contribution in [3.8, 4) is 5.75 Å². The number of aryl methyl sites for hydroxylation is 1. The summed E-state index contributed by atoms with van der Waals surface area (Å²) in [5.74, 6) is 1.75. The molecule has 9 heteroatoms. The number of alkyl halides is 3. The van der Waals surface area contributed by atoms with Gasteiger partial charge in [0.05, 0.1) is 18.2 Å². The maximum Gasteiger partial charge on any atom is 0.416 e. The van der Waals surface area contributed by atoms with E-state index in [-0.39, 0.29) is 5.91 Å². The number of hydrogen-bond acceptors (Lipinski definition) is 5. The molecule has 0 saturated heterocycles. The summed E-state index contributed by atoms with van der Waals surface area (Å²) in [6, 6.07) is 8.63. The van der Waals surface area contributed by atoms with Crippen molar-refractivity contribution in [2.45, 2.75) is 39.4 Å². The molecule has 35 heavy (non-hydrogen) atoms. The zero-order chi connectivity index (χ0) is 25.3. The van der Waals surface area contributed by atoms with Gasteiger partial charge in [0.15, 0.2) is 0 Å². The first kappa shape index (κ1) is 24.5. The molecule has 1 aliphatic heterocycles. The molecule has 184 valence electrons. The van der Waals surface area contributed by atoms with E-state index in [4.69, 9.17) is 4.74 Å². The van der Waals surface area contributed by atoms with E-state index in [2.05, 4.69) is 15.3 Å². The van der Waals surface area contributed by atoms with Gasteiger partial charge in [0.1, 0.15) is 17.4 Å². The molecule has 2 aromatic carbocycles. The number of nitrogens with zero attached hydrogens (tertiary/aromatic N) is 3. The molecule has 1 aliphatic rings. The first-order chi connectivity index (χ1) is 16.6. The maximum atomic E-state index is 13.2. The second kappa shape index (κ2) is 9.56. The highest BCUT2D eigenvalue weighted by atomic mass is 19.4. The second-order valence-corrected chi connectivity index (χ2v) is 8.62. The molecule has 0 bridgehead atoms. The Balaban J connectivity index is 1.73. The minimum absolute atomic E-state index is 0.0321. The van der Waals surface area contributed by atoms with Crippen molar-refractivity contribution in [3.05, 3.63) is 65.0 Å². The number of fused-ring (bicyclic) bond motifs is 1. The highest BCUT2D eigenvalue weighted by Crippen LogP contribution is 2.37. The zero-order valence-corrected chi connectivity index (χ0v) is 20.0. The topological polar surface area (TPSA) is 67.4 Å². The zero-order valence-electron chi connectivity index (χ0n) is 20.0. The van der Waals surface area contributed by atoms with Crippen molar-refractivity contribution in [3.63, 3.8) is 0 Å². The van der Waals surface area contributed by atoms with E-state index in [1.165, 1.54) is 6.07 Å². The van der Waals surface area contributed by atoms with Crippen LogP contribution in [0.3, 0.4) is 0 Å². The van der Waals surface area contributed by atoms with Crippen LogP contribution in [0.15, 0.2) is 42.5 Å². The highest BCUT2D eigenvalue weighted by Gasteiger charge is 2.30. The lowest BCUT2D eigenvalue weighted by atomic mass is 9.96. The Morgan fingerprint density at radius 3 is 2.60 bits per heavy atom. The van der Waals surface area contributed by atoms with Crippen molar-refractivity contribution >= 4 is 28.2 Å². The average Bonchev–Trinajstić information content (AvgIpc) is 2.82. The average molecular weight is 485 g/mol. The second-order valence-electron chi connectivity index (χ2n) is 8.62. The van der Waals surface area contributed by atoms with Gasteiger partial charge in [0.2, 0.25) is 5.91 Å². The van der Waals surface area contributed by atoms with E-state index in [0.717, 1.165) is 28.7 Å². The van der Waals surface area contributed by atoms with E-state index >= 15 is 0 Å². The molecule has 1 N–H and O–H groups in total. The summed E-state index contributed by atoms with van der Waals surface area (Å²) in [4.78, 5) is 22.6. The van der Waals surface area contributed by atoms with Crippen molar-refractivity contribution in [2.24, 2.45) is 0 Å². The van der Waals surface area contributed by atoms with Crippen molar-refractivity contribution in [2.75, 3.05) is 25.5 Å². The van der Waals surface area contributed by atoms with E-state index < -0.39 is 17.8 Å². The van der Waals surface area contributed by atoms with Crippen LogP contribution in [0.2, 0.25) is 0 Å². The van der Waals surface area contributed by atoms with Crippen molar-refractivity contribution < 1.29 is 22.7 Å². The molecule has 0 fully saturated rings. The van der Waals surface area contributed by atoms with E-state index in [0.29, 0.717) is 48.0 Å². The molecule has 1 aromatic heterocycles. The number of methoxy groups -OCH3 is 1. The Bertz CT molecular complexity index is 1300. The predicted molar refractivity (Wildman–Crippen MR) is 129 cm³/mol. The number of hydrogen-bond donors (Lipinski definition) is 1. The Labute approximate surface area is 201 Å². The van der Waals surface area contributed by atoms with E-state index in [9.17, 15) is 18.0 Å². The summed E-state index contributed by atoms with van der Waals surface area (Å²) in [6.07, 6.45) is -1.72. The molecule has 1 atom stereocenters. The Morgan fingerprint density at radius 2 is 1.97 bits per heavy atom. The minimum Gasteiger partial charge on any atom is -0.496 e. The van der Waals surface area contributed by atoms with Gasteiger partial charge in [-0.05, 0) is 49.6 Å². The number of amides is 1. The third-order valence-electron chi connectivity index (χ3n) is 6.20. The Hall–Kier alpha value is -3.62. The van der Waals surface area contributed by atoms with Gasteiger partial charge in [-0.25, -0.2) is 9.97 Å². The van der Waals surface area contributed by atoms with Crippen LogP contribution < -0.4 is 10.1 Å². The van der Waals surface area contributed by atoms with Gasteiger partial charge in [0.25, 0.3) is 0 Å². The number of anilines is 1. The lowest BCUT2D eigenvalue weighted by Gasteiger charge is -2.26. The fourth-order valence-electron chi connectivity index (χ4n) is 4.27. The molecule has 3 aromatic rings. The fourth-order valence-corrected chi connectivity index (χ4v) is 4.27. The lowest BCUT2D eigenvalue weighted by molar-refractivity contribution is -0.137. The van der Waals surface area contributed by atoms with Gasteiger partial charge in [-0.3, -0.25) is 4.79 Å². The highest BCUT2D eigenvalue weighted by molar-refractivity contribution is 5.94. The number of rotatable bonds is 5. The van der Waals surface area contributed by atoms with Crippen LogP contribution in [0, 0.1) is 6.92 Å². The van der Waals surface area contributed by atoms with Crippen molar-refractivity contribution in [1.82, 2.24) is 14.9 Å². The third kappa shape index (κ3) is 5.23. The molecular formula is C26H27F3N4O2. The number of halogens is 3. The van der Waals surface area contributed by atoms with Crippen LogP contribution in [-0.4, -0.2) is 41.0 Å². The lowest BCUT2D eigenvalue weighted by Crippen LogP contribution is -2.32. The third-order valence-corrected chi connectivity index (χ3v) is 6.20. The smallest absolute Gasteiger partial charge is 0.416 e. The Morgan fingerprint density at radius 1 is 1.20 bits per heavy atom. The first-order valence-electron chi connectivity index (χ1n) is 11.3. The molecule has 0 aliphatic carbocycles. The summed E-state index contributed by atoms with van der Waals surface area (Å²) in [7, 11) is 1.60. The van der Waals surface area contributed by atoms with Crippen LogP contribution in [0.4, 0.5) is 19.0 Å². The van der Waals surface area contributed by atoms with Gasteiger partial charge in [-0.1, -0.05) is 18.2 Å². The Kier molecular flexibility index (Phi) is 6.69. The van der Waals surface area contributed by atoms with Gasteiger partial charge >= 0.3 is 6.18 Å². The van der Waals surface area contributed by atoms with Gasteiger partial charge < -0.3 is 15.0 Å². The predicted octanol–water partition coefficient (Wildman–Crippen LogP) is 5.77. The number of carbonyl (C=O) groups excluding carboxylic acids is 1. The quantitative estimate of drug-likeness (QED) is 0.498. The summed E-state index contributed by atoms with van der Waals surface area (Å²) < 4.78 is 45.2. The summed E-state index contributed by atoms with van der Waals surface area (Å²) in [5.41, 5.74) is 2.41. The number of aromatic nitrogens is 2. The van der Waals surface area contributed by atoms with Crippen LogP contribution in [0.1, 0.15) is 48.8 Å². The number of benzene rings is 2. The van der Waals surface area contributed by atoms with Crippen molar-refractivity contribution in [1.29, 1.82) is 0 Å². The van der Waals surface area contributed by atoms with Crippen LogP contribution >= 0.6 is 0 Å².